The van der Waals surface area contributed by atoms with Gasteiger partial charge in [0.15, 0.2) is 0 Å². The molecule has 0 aliphatic rings. The number of azo groups is 1. The summed E-state index contributed by atoms with van der Waals surface area (Å²) in [7, 11) is 1.62. The largest absolute Gasteiger partial charge is 0.508 e. The fourth-order valence-corrected chi connectivity index (χ4v) is 1.54. The Kier molecular flexibility index (Phi) is 3.57. The molecular formula is C14H14N2O2. The van der Waals surface area contributed by atoms with E-state index in [1.807, 2.05) is 25.1 Å². The Labute approximate surface area is 106 Å². The molecule has 0 bridgehead atoms. The van der Waals surface area contributed by atoms with Crippen LogP contribution in [0.1, 0.15) is 5.56 Å². The summed E-state index contributed by atoms with van der Waals surface area (Å²) in [5.41, 5.74) is 2.49. The number of aryl methyl sites for hydroxylation is 1. The first kappa shape index (κ1) is 12.1. The monoisotopic (exact) mass is 242 g/mol. The van der Waals surface area contributed by atoms with Crippen molar-refractivity contribution in [3.8, 4) is 11.5 Å². The van der Waals surface area contributed by atoms with Crippen LogP contribution in [0, 0.1) is 6.92 Å². The second-order valence-corrected chi connectivity index (χ2v) is 3.92. The van der Waals surface area contributed by atoms with Crippen molar-refractivity contribution in [2.45, 2.75) is 6.92 Å². The van der Waals surface area contributed by atoms with Crippen molar-refractivity contribution < 1.29 is 9.84 Å². The molecule has 0 saturated heterocycles. The molecule has 0 atom stereocenters. The first-order valence-electron chi connectivity index (χ1n) is 5.54. The first-order chi connectivity index (χ1) is 8.67. The van der Waals surface area contributed by atoms with Crippen LogP contribution in [0.25, 0.3) is 0 Å². The molecule has 2 rings (SSSR count). The van der Waals surface area contributed by atoms with Crippen LogP contribution in [-0.4, -0.2) is 12.2 Å². The maximum Gasteiger partial charge on any atom is 0.121 e. The number of phenolic OH excluding ortho intramolecular Hbond substituents is 1. The molecule has 0 spiro atoms. The topological polar surface area (TPSA) is 54.2 Å². The molecule has 0 amide bonds. The quantitative estimate of drug-likeness (QED) is 0.823. The van der Waals surface area contributed by atoms with E-state index in [2.05, 4.69) is 10.2 Å². The molecule has 0 aliphatic heterocycles. The highest BCUT2D eigenvalue weighted by atomic mass is 16.5. The van der Waals surface area contributed by atoms with Crippen LogP contribution in [0.3, 0.4) is 0 Å². The van der Waals surface area contributed by atoms with Gasteiger partial charge in [-0.05, 0) is 48.9 Å². The van der Waals surface area contributed by atoms with Crippen molar-refractivity contribution in [1.29, 1.82) is 0 Å². The Balaban J connectivity index is 2.22. The zero-order chi connectivity index (χ0) is 13.0. The van der Waals surface area contributed by atoms with E-state index >= 15 is 0 Å². The minimum absolute atomic E-state index is 0.214. The molecule has 0 unspecified atom stereocenters. The van der Waals surface area contributed by atoms with E-state index < -0.39 is 0 Å². The van der Waals surface area contributed by atoms with Crippen LogP contribution in [0.2, 0.25) is 0 Å². The number of aromatic hydroxyl groups is 1. The molecule has 0 fully saturated rings. The van der Waals surface area contributed by atoms with Gasteiger partial charge in [-0.1, -0.05) is 0 Å². The smallest absolute Gasteiger partial charge is 0.121 e. The molecule has 4 nitrogen and oxygen atoms in total. The molecule has 0 saturated carbocycles. The van der Waals surface area contributed by atoms with Gasteiger partial charge in [0.2, 0.25) is 0 Å². The molecule has 0 radical (unpaired) electrons. The number of phenols is 1. The van der Waals surface area contributed by atoms with Crippen LogP contribution in [0.4, 0.5) is 11.4 Å². The Hall–Kier alpha value is -2.36. The first-order valence-corrected chi connectivity index (χ1v) is 5.54. The van der Waals surface area contributed by atoms with E-state index in [-0.39, 0.29) is 5.75 Å². The van der Waals surface area contributed by atoms with Crippen molar-refractivity contribution in [2.75, 3.05) is 7.11 Å². The third kappa shape index (κ3) is 3.07. The van der Waals surface area contributed by atoms with Gasteiger partial charge >= 0.3 is 0 Å². The maximum absolute atomic E-state index is 9.16. The maximum atomic E-state index is 9.16. The second-order valence-electron chi connectivity index (χ2n) is 3.92. The van der Waals surface area contributed by atoms with Gasteiger partial charge in [-0.3, -0.25) is 0 Å². The van der Waals surface area contributed by atoms with Crippen LogP contribution in [0.5, 0.6) is 11.5 Å². The number of hydrogen-bond donors (Lipinski definition) is 1. The highest BCUT2D eigenvalue weighted by molar-refractivity contribution is 5.47. The fourth-order valence-electron chi connectivity index (χ4n) is 1.54. The standard InChI is InChI=1S/C14H14N2O2/c1-10-7-12(9-14(8-10)18-2)16-15-11-3-5-13(17)6-4-11/h3-9,17H,1-2H3. The van der Waals surface area contributed by atoms with Gasteiger partial charge in [0.25, 0.3) is 0 Å². The molecule has 2 aromatic carbocycles. The molecule has 92 valence electrons. The summed E-state index contributed by atoms with van der Waals surface area (Å²) < 4.78 is 5.17. The SMILES string of the molecule is COc1cc(C)cc(N=Nc2ccc(O)cc2)c1. The molecule has 18 heavy (non-hydrogen) atoms. The third-order valence-electron chi connectivity index (χ3n) is 2.40. The Morgan fingerprint density at radius 2 is 1.61 bits per heavy atom. The van der Waals surface area contributed by atoms with Gasteiger partial charge in [-0.15, -0.1) is 0 Å². The number of benzene rings is 2. The molecular weight excluding hydrogens is 228 g/mol. The minimum Gasteiger partial charge on any atom is -0.508 e. The summed E-state index contributed by atoms with van der Waals surface area (Å²) in [6.07, 6.45) is 0. The van der Waals surface area contributed by atoms with E-state index in [1.54, 1.807) is 31.4 Å². The summed E-state index contributed by atoms with van der Waals surface area (Å²) in [5, 5.41) is 17.4. The van der Waals surface area contributed by atoms with Gasteiger partial charge in [0.1, 0.15) is 11.5 Å². The zero-order valence-corrected chi connectivity index (χ0v) is 10.3. The van der Waals surface area contributed by atoms with Crippen molar-refractivity contribution >= 4 is 11.4 Å². The minimum atomic E-state index is 0.214. The second kappa shape index (κ2) is 5.31. The molecule has 0 aromatic heterocycles. The van der Waals surface area contributed by atoms with Crippen LogP contribution in [0.15, 0.2) is 52.7 Å². The summed E-state index contributed by atoms with van der Waals surface area (Å²) in [6, 6.07) is 12.2. The van der Waals surface area contributed by atoms with Gasteiger partial charge < -0.3 is 9.84 Å². The van der Waals surface area contributed by atoms with Gasteiger partial charge in [-0.2, -0.15) is 10.2 Å². The van der Waals surface area contributed by atoms with Crippen molar-refractivity contribution in [3.05, 3.63) is 48.0 Å². The van der Waals surface area contributed by atoms with Crippen molar-refractivity contribution in [1.82, 2.24) is 0 Å². The molecule has 1 N–H and O–H groups in total. The van der Waals surface area contributed by atoms with Crippen LogP contribution in [-0.2, 0) is 0 Å². The van der Waals surface area contributed by atoms with Crippen LogP contribution < -0.4 is 4.74 Å². The van der Waals surface area contributed by atoms with E-state index in [0.717, 1.165) is 17.0 Å². The number of hydrogen-bond acceptors (Lipinski definition) is 4. The third-order valence-corrected chi connectivity index (χ3v) is 2.40. The lowest BCUT2D eigenvalue weighted by Gasteiger charge is -2.02. The number of ether oxygens (including phenoxy) is 1. The Bertz CT molecular complexity index is 563. The average Bonchev–Trinajstić information content (AvgIpc) is 2.37. The summed E-state index contributed by atoms with van der Waals surface area (Å²) in [4.78, 5) is 0. The number of nitrogens with zero attached hydrogens (tertiary/aromatic N) is 2. The zero-order valence-electron chi connectivity index (χ0n) is 10.3. The number of rotatable bonds is 3. The van der Waals surface area contributed by atoms with Gasteiger partial charge in [0, 0.05) is 6.07 Å². The highest BCUT2D eigenvalue weighted by Crippen LogP contribution is 2.25. The Morgan fingerprint density at radius 1 is 0.944 bits per heavy atom. The predicted octanol–water partition coefficient (Wildman–Crippen LogP) is 4.12. The molecule has 0 aliphatic carbocycles. The van der Waals surface area contributed by atoms with E-state index in [1.165, 1.54) is 0 Å². The molecule has 2 aromatic rings. The predicted molar refractivity (Wildman–Crippen MR) is 70.0 cm³/mol. The van der Waals surface area contributed by atoms with E-state index in [0.29, 0.717) is 5.69 Å². The average molecular weight is 242 g/mol. The summed E-state index contributed by atoms with van der Waals surface area (Å²) in [6.45, 7) is 1.97. The Morgan fingerprint density at radius 3 is 2.28 bits per heavy atom. The fraction of sp³-hybridized carbons (Fsp3) is 0.143. The van der Waals surface area contributed by atoms with E-state index in [9.17, 15) is 0 Å². The van der Waals surface area contributed by atoms with Crippen LogP contribution >= 0.6 is 0 Å². The summed E-state index contributed by atoms with van der Waals surface area (Å²) in [5.74, 6) is 0.973. The lowest BCUT2D eigenvalue weighted by atomic mass is 10.2. The van der Waals surface area contributed by atoms with Gasteiger partial charge in [0.05, 0.1) is 18.5 Å². The lowest BCUT2D eigenvalue weighted by Crippen LogP contribution is -1.82. The van der Waals surface area contributed by atoms with Gasteiger partial charge in [-0.25, -0.2) is 0 Å². The molecule has 0 heterocycles. The lowest BCUT2D eigenvalue weighted by molar-refractivity contribution is 0.414. The van der Waals surface area contributed by atoms with E-state index in [4.69, 9.17) is 9.84 Å². The van der Waals surface area contributed by atoms with Crippen molar-refractivity contribution in [2.24, 2.45) is 10.2 Å². The summed E-state index contributed by atoms with van der Waals surface area (Å²) >= 11 is 0. The van der Waals surface area contributed by atoms with Crippen molar-refractivity contribution in [3.63, 3.8) is 0 Å². The number of methoxy groups -OCH3 is 1. The normalized spacial score (nSPS) is 10.8. The highest BCUT2D eigenvalue weighted by Gasteiger charge is 1.97. The molecule has 4 heteroatoms.